The van der Waals surface area contributed by atoms with E-state index in [4.69, 9.17) is 0 Å². The summed E-state index contributed by atoms with van der Waals surface area (Å²) in [5.41, 5.74) is 0. The monoisotopic (exact) mass is 343 g/mol. The summed E-state index contributed by atoms with van der Waals surface area (Å²) in [5, 5.41) is 29.8. The second-order valence-corrected chi connectivity index (χ2v) is 4.64. The first-order chi connectivity index (χ1) is 9.58. The summed E-state index contributed by atoms with van der Waals surface area (Å²) in [4.78, 5) is 24.7. The second-order valence-electron chi connectivity index (χ2n) is 4.64. The molecule has 1 aliphatic rings. The fourth-order valence-electron chi connectivity index (χ4n) is 1.98. The molecule has 1 heterocycles. The predicted molar refractivity (Wildman–Crippen MR) is 69.1 cm³/mol. The van der Waals surface area contributed by atoms with Crippen molar-refractivity contribution in [2.45, 2.75) is 0 Å². The molecule has 1 aliphatic heterocycles. The van der Waals surface area contributed by atoms with Crippen LogP contribution in [0.3, 0.4) is 0 Å². The van der Waals surface area contributed by atoms with E-state index in [1.165, 1.54) is 0 Å². The minimum absolute atomic E-state index is 0. The van der Waals surface area contributed by atoms with Crippen LogP contribution in [-0.4, -0.2) is 87.2 Å². The van der Waals surface area contributed by atoms with Crippen LogP contribution in [0.25, 0.3) is 10.6 Å². The molecule has 0 aromatic carbocycles. The van der Waals surface area contributed by atoms with Crippen LogP contribution in [0.1, 0.15) is 0 Å². The van der Waals surface area contributed by atoms with E-state index in [-0.39, 0.29) is 29.9 Å². The minimum Gasteiger partial charge on any atom is -0.660 e. The number of hydrogen-bond acceptors (Lipinski definition) is 6. The van der Waals surface area contributed by atoms with Crippen LogP contribution in [0.15, 0.2) is 0 Å². The van der Waals surface area contributed by atoms with Crippen LogP contribution in [0, 0.1) is 0 Å². The van der Waals surface area contributed by atoms with E-state index in [1.807, 2.05) is 0 Å². The molecule has 1 saturated heterocycles. The van der Waals surface area contributed by atoms with Gasteiger partial charge in [0.1, 0.15) is 0 Å². The van der Waals surface area contributed by atoms with E-state index in [0.717, 1.165) is 0 Å². The number of carboxylic acids is 2. The molecule has 1 fully saturated rings. The Kier molecular flexibility index (Phi) is 11.5. The molecule has 1 radical (unpaired) electrons. The van der Waals surface area contributed by atoms with Gasteiger partial charge in [0.15, 0.2) is 0 Å². The molecule has 8 nitrogen and oxygen atoms in total. The standard InChI is InChI=1S/C12H22N4O4.Co/c17-11(18)9-15-5-1-13-2-6-16(10-12(19)20)8-4-14-3-7-15;/h1-10H2,(H,17,18)(H,19,20);/q-2;+2/p-2. The predicted octanol–water partition coefficient (Wildman–Crippen LogP) is -3.15. The third kappa shape index (κ3) is 10.6. The van der Waals surface area contributed by atoms with Crippen molar-refractivity contribution in [2.75, 3.05) is 65.4 Å². The van der Waals surface area contributed by atoms with Gasteiger partial charge >= 0.3 is 16.8 Å². The second kappa shape index (κ2) is 11.9. The molecule has 0 N–H and O–H groups in total. The SMILES string of the molecule is O=C([O-])CN1CC[N-]CCN(CC(=O)[O-])CC[N-]CC1.[Co+2]. The quantitative estimate of drug-likeness (QED) is 0.532. The van der Waals surface area contributed by atoms with Crippen molar-refractivity contribution < 1.29 is 36.6 Å². The fourth-order valence-corrected chi connectivity index (χ4v) is 1.98. The summed E-state index contributed by atoms with van der Waals surface area (Å²) < 4.78 is 0. The Hall–Kier alpha value is -0.714. The summed E-state index contributed by atoms with van der Waals surface area (Å²) in [6, 6.07) is 0. The number of nitrogens with zero attached hydrogens (tertiary/aromatic N) is 4. The van der Waals surface area contributed by atoms with Gasteiger partial charge in [-0.05, 0) is 26.2 Å². The number of carbonyl (C=O) groups is 2. The molecule has 0 aliphatic carbocycles. The zero-order chi connectivity index (χ0) is 14.8. The van der Waals surface area contributed by atoms with E-state index in [9.17, 15) is 19.8 Å². The van der Waals surface area contributed by atoms with Gasteiger partial charge in [-0.1, -0.05) is 0 Å². The van der Waals surface area contributed by atoms with Crippen LogP contribution in [0.2, 0.25) is 0 Å². The number of hydrogen-bond donors (Lipinski definition) is 0. The summed E-state index contributed by atoms with van der Waals surface area (Å²) in [5.74, 6) is -2.20. The van der Waals surface area contributed by atoms with Crippen molar-refractivity contribution in [1.29, 1.82) is 0 Å². The Labute approximate surface area is 135 Å². The number of rotatable bonds is 4. The maximum absolute atomic E-state index is 10.6. The summed E-state index contributed by atoms with van der Waals surface area (Å²) in [6.45, 7) is 4.05. The fraction of sp³-hybridized carbons (Fsp3) is 0.833. The molecule has 0 unspecified atom stereocenters. The van der Waals surface area contributed by atoms with Crippen molar-refractivity contribution in [3.63, 3.8) is 0 Å². The van der Waals surface area contributed by atoms with E-state index in [0.29, 0.717) is 52.4 Å². The molecule has 0 spiro atoms. The van der Waals surface area contributed by atoms with Crippen LogP contribution in [0.5, 0.6) is 0 Å². The normalized spacial score (nSPS) is 19.8. The summed E-state index contributed by atoms with van der Waals surface area (Å²) >= 11 is 0. The third-order valence-corrected chi connectivity index (χ3v) is 3.00. The molecule has 0 aromatic heterocycles. The Bertz CT molecular complexity index is 278. The smallest absolute Gasteiger partial charge is 0.660 e. The average Bonchev–Trinajstić information content (AvgIpc) is 2.33. The van der Waals surface area contributed by atoms with Gasteiger partial charge in [0, 0.05) is 13.1 Å². The van der Waals surface area contributed by atoms with E-state index >= 15 is 0 Å². The Morgan fingerprint density at radius 1 is 0.762 bits per heavy atom. The van der Waals surface area contributed by atoms with Gasteiger partial charge in [-0.25, -0.2) is 0 Å². The molecule has 0 atom stereocenters. The van der Waals surface area contributed by atoms with E-state index in [1.54, 1.807) is 9.80 Å². The minimum atomic E-state index is -1.10. The van der Waals surface area contributed by atoms with E-state index < -0.39 is 11.9 Å². The summed E-state index contributed by atoms with van der Waals surface area (Å²) in [6.07, 6.45) is 0. The molecule has 21 heavy (non-hydrogen) atoms. The number of aliphatic carboxylic acids is 2. The van der Waals surface area contributed by atoms with E-state index in [2.05, 4.69) is 10.6 Å². The topological polar surface area (TPSA) is 115 Å². The van der Waals surface area contributed by atoms with Gasteiger partial charge in [-0.2, -0.15) is 0 Å². The average molecular weight is 343 g/mol. The molecule has 1 rings (SSSR count). The van der Waals surface area contributed by atoms with Gasteiger partial charge in [-0.3, -0.25) is 0 Å². The third-order valence-electron chi connectivity index (χ3n) is 3.00. The largest absolute Gasteiger partial charge is 2.00 e. The molecule has 9 heteroatoms. The first-order valence-electron chi connectivity index (χ1n) is 6.69. The molecular weight excluding hydrogens is 323 g/mol. The maximum atomic E-state index is 10.6. The first kappa shape index (κ1) is 20.3. The maximum Gasteiger partial charge on any atom is 2.00 e. The van der Waals surface area contributed by atoms with Gasteiger partial charge in [-0.15, -0.1) is 26.2 Å². The van der Waals surface area contributed by atoms with Crippen molar-refractivity contribution in [2.24, 2.45) is 0 Å². The van der Waals surface area contributed by atoms with Crippen LogP contribution in [-0.2, 0) is 26.4 Å². The van der Waals surface area contributed by atoms with Crippen LogP contribution >= 0.6 is 0 Å². The first-order valence-corrected chi connectivity index (χ1v) is 6.69. The Balaban J connectivity index is 0.00000400. The van der Waals surface area contributed by atoms with Crippen molar-refractivity contribution in [1.82, 2.24) is 9.80 Å². The molecule has 0 aromatic rings. The zero-order valence-electron chi connectivity index (χ0n) is 11.8. The molecule has 0 bridgehead atoms. The van der Waals surface area contributed by atoms with Crippen molar-refractivity contribution in [3.05, 3.63) is 10.6 Å². The van der Waals surface area contributed by atoms with Gasteiger partial charge < -0.3 is 40.2 Å². The Morgan fingerprint density at radius 3 is 1.29 bits per heavy atom. The molecule has 0 saturated carbocycles. The van der Waals surface area contributed by atoms with Gasteiger partial charge in [0.25, 0.3) is 0 Å². The van der Waals surface area contributed by atoms with Crippen LogP contribution < -0.4 is 10.2 Å². The summed E-state index contributed by atoms with van der Waals surface area (Å²) in [7, 11) is 0. The van der Waals surface area contributed by atoms with Crippen LogP contribution in [0.4, 0.5) is 0 Å². The van der Waals surface area contributed by atoms with Gasteiger partial charge in [0.2, 0.25) is 0 Å². The molecular formula is C12H20CoN4O4-2. The molecule has 123 valence electrons. The zero-order valence-corrected chi connectivity index (χ0v) is 12.9. The Morgan fingerprint density at radius 2 is 1.05 bits per heavy atom. The van der Waals surface area contributed by atoms with Crippen molar-refractivity contribution in [3.8, 4) is 0 Å². The van der Waals surface area contributed by atoms with Crippen molar-refractivity contribution >= 4 is 11.9 Å². The number of carboxylic acid groups (broad SMARTS) is 2. The number of carbonyl (C=O) groups excluding carboxylic acids is 2. The molecule has 0 amide bonds. The van der Waals surface area contributed by atoms with Gasteiger partial charge in [0.05, 0.1) is 11.9 Å².